The summed E-state index contributed by atoms with van der Waals surface area (Å²) in [5.41, 5.74) is 2.19. The van der Waals surface area contributed by atoms with Gasteiger partial charge in [0.15, 0.2) is 0 Å². The molecule has 0 bridgehead atoms. The molecule has 0 atom stereocenters. The summed E-state index contributed by atoms with van der Waals surface area (Å²) in [5, 5.41) is 9.83. The van der Waals surface area contributed by atoms with Crippen LogP contribution in [0.1, 0.15) is 11.3 Å². The van der Waals surface area contributed by atoms with Gasteiger partial charge in [-0.2, -0.15) is 5.10 Å². The lowest BCUT2D eigenvalue weighted by Crippen LogP contribution is -2.03. The van der Waals surface area contributed by atoms with Gasteiger partial charge in [0.05, 0.1) is 5.69 Å². The SMILES string of the molecule is CNC/C=C/c1c[nH]nc1C. The lowest BCUT2D eigenvalue weighted by atomic mass is 10.2. The van der Waals surface area contributed by atoms with Crippen LogP contribution in [0.3, 0.4) is 0 Å². The fourth-order valence-corrected chi connectivity index (χ4v) is 0.840. The number of rotatable bonds is 3. The molecule has 0 fully saturated rings. The molecule has 1 rings (SSSR count). The minimum absolute atomic E-state index is 0.893. The van der Waals surface area contributed by atoms with Crippen LogP contribution in [0.15, 0.2) is 12.3 Å². The maximum absolute atomic E-state index is 4.00. The van der Waals surface area contributed by atoms with Gasteiger partial charge in [-0.1, -0.05) is 12.2 Å². The zero-order valence-corrected chi connectivity index (χ0v) is 6.89. The number of hydrogen-bond donors (Lipinski definition) is 2. The largest absolute Gasteiger partial charge is 0.316 e. The number of hydrogen-bond acceptors (Lipinski definition) is 2. The van der Waals surface area contributed by atoms with E-state index in [-0.39, 0.29) is 0 Å². The van der Waals surface area contributed by atoms with Crippen LogP contribution in [0, 0.1) is 6.92 Å². The van der Waals surface area contributed by atoms with E-state index in [4.69, 9.17) is 0 Å². The molecule has 0 spiro atoms. The standard InChI is InChI=1S/C8H13N3/c1-7-8(6-10-11-7)4-3-5-9-2/h3-4,6,9H,5H2,1-2H3,(H,10,11)/b4-3+. The lowest BCUT2D eigenvalue weighted by molar-refractivity contribution is 0.922. The average Bonchev–Trinajstić information content (AvgIpc) is 2.37. The van der Waals surface area contributed by atoms with Crippen molar-refractivity contribution in [1.82, 2.24) is 15.5 Å². The Balaban J connectivity index is 2.56. The first-order valence-electron chi connectivity index (χ1n) is 3.66. The predicted molar refractivity (Wildman–Crippen MR) is 46.3 cm³/mol. The van der Waals surface area contributed by atoms with E-state index < -0.39 is 0 Å². The summed E-state index contributed by atoms with van der Waals surface area (Å²) in [4.78, 5) is 0. The molecule has 0 aliphatic carbocycles. The first kappa shape index (κ1) is 8.01. The summed E-state index contributed by atoms with van der Waals surface area (Å²) in [6.45, 7) is 2.88. The maximum Gasteiger partial charge on any atom is 0.0663 e. The van der Waals surface area contributed by atoms with Gasteiger partial charge in [-0.05, 0) is 14.0 Å². The summed E-state index contributed by atoms with van der Waals surface area (Å²) in [7, 11) is 1.92. The van der Waals surface area contributed by atoms with Crippen molar-refractivity contribution in [3.8, 4) is 0 Å². The number of aryl methyl sites for hydroxylation is 1. The monoisotopic (exact) mass is 151 g/mol. The highest BCUT2D eigenvalue weighted by Crippen LogP contribution is 2.03. The summed E-state index contributed by atoms with van der Waals surface area (Å²) in [6, 6.07) is 0. The Morgan fingerprint density at radius 3 is 3.09 bits per heavy atom. The molecule has 2 N–H and O–H groups in total. The molecular weight excluding hydrogens is 138 g/mol. The van der Waals surface area contributed by atoms with Crippen LogP contribution < -0.4 is 5.32 Å². The van der Waals surface area contributed by atoms with Crippen molar-refractivity contribution in [2.24, 2.45) is 0 Å². The molecule has 0 amide bonds. The molecule has 0 saturated heterocycles. The van der Waals surface area contributed by atoms with Gasteiger partial charge in [-0.25, -0.2) is 0 Å². The average molecular weight is 151 g/mol. The first-order valence-corrected chi connectivity index (χ1v) is 3.66. The number of aromatic nitrogens is 2. The summed E-state index contributed by atoms with van der Waals surface area (Å²) in [6.07, 6.45) is 6.01. The van der Waals surface area contributed by atoms with E-state index in [1.54, 1.807) is 0 Å². The Bertz CT molecular complexity index is 237. The highest BCUT2D eigenvalue weighted by atomic mass is 15.1. The molecule has 0 unspecified atom stereocenters. The minimum Gasteiger partial charge on any atom is -0.316 e. The molecule has 1 aromatic rings. The first-order chi connectivity index (χ1) is 5.34. The fraction of sp³-hybridized carbons (Fsp3) is 0.375. The van der Waals surface area contributed by atoms with E-state index in [0.717, 1.165) is 17.8 Å². The normalized spacial score (nSPS) is 11.1. The molecule has 3 nitrogen and oxygen atoms in total. The zero-order chi connectivity index (χ0) is 8.10. The Labute approximate surface area is 66.5 Å². The number of aromatic amines is 1. The van der Waals surface area contributed by atoms with Gasteiger partial charge in [0, 0.05) is 18.3 Å². The fourth-order valence-electron chi connectivity index (χ4n) is 0.840. The topological polar surface area (TPSA) is 40.7 Å². The Kier molecular flexibility index (Phi) is 2.86. The molecule has 60 valence electrons. The Hall–Kier alpha value is -1.09. The quantitative estimate of drug-likeness (QED) is 0.675. The van der Waals surface area contributed by atoms with E-state index in [1.165, 1.54) is 0 Å². The molecule has 3 heteroatoms. The van der Waals surface area contributed by atoms with Crippen LogP contribution in [0.5, 0.6) is 0 Å². The van der Waals surface area contributed by atoms with Crippen molar-refractivity contribution in [3.05, 3.63) is 23.5 Å². The van der Waals surface area contributed by atoms with Crippen molar-refractivity contribution < 1.29 is 0 Å². The van der Waals surface area contributed by atoms with Gasteiger partial charge >= 0.3 is 0 Å². The van der Waals surface area contributed by atoms with Gasteiger partial charge in [-0.15, -0.1) is 0 Å². The molecule has 1 aromatic heterocycles. The van der Waals surface area contributed by atoms with Gasteiger partial charge in [-0.3, -0.25) is 5.10 Å². The summed E-state index contributed by atoms with van der Waals surface area (Å²) in [5.74, 6) is 0. The van der Waals surface area contributed by atoms with Crippen molar-refractivity contribution in [3.63, 3.8) is 0 Å². The van der Waals surface area contributed by atoms with Crippen LogP contribution in [0.25, 0.3) is 6.08 Å². The smallest absolute Gasteiger partial charge is 0.0663 e. The van der Waals surface area contributed by atoms with Crippen LogP contribution in [0.2, 0.25) is 0 Å². The molecule has 1 heterocycles. The Morgan fingerprint density at radius 2 is 2.55 bits per heavy atom. The van der Waals surface area contributed by atoms with E-state index in [9.17, 15) is 0 Å². The highest BCUT2D eigenvalue weighted by molar-refractivity contribution is 5.50. The minimum atomic E-state index is 0.893. The van der Waals surface area contributed by atoms with Gasteiger partial charge < -0.3 is 5.32 Å². The second kappa shape index (κ2) is 3.93. The molecule has 11 heavy (non-hydrogen) atoms. The second-order valence-corrected chi connectivity index (χ2v) is 2.39. The number of likely N-dealkylation sites (N-methyl/N-ethyl adjacent to an activating group) is 1. The zero-order valence-electron chi connectivity index (χ0n) is 6.89. The summed E-state index contributed by atoms with van der Waals surface area (Å²) >= 11 is 0. The van der Waals surface area contributed by atoms with Crippen LogP contribution >= 0.6 is 0 Å². The van der Waals surface area contributed by atoms with Crippen LogP contribution in [-0.4, -0.2) is 23.8 Å². The van der Waals surface area contributed by atoms with E-state index >= 15 is 0 Å². The third kappa shape index (κ3) is 2.20. The molecular formula is C8H13N3. The van der Waals surface area contributed by atoms with Crippen molar-refractivity contribution >= 4 is 6.08 Å². The molecule has 0 radical (unpaired) electrons. The van der Waals surface area contributed by atoms with Gasteiger partial charge in [0.25, 0.3) is 0 Å². The molecule has 0 saturated carbocycles. The maximum atomic E-state index is 4.00. The molecule has 0 aromatic carbocycles. The third-order valence-electron chi connectivity index (χ3n) is 1.49. The van der Waals surface area contributed by atoms with Crippen LogP contribution in [0.4, 0.5) is 0 Å². The van der Waals surface area contributed by atoms with Crippen LogP contribution in [-0.2, 0) is 0 Å². The van der Waals surface area contributed by atoms with Crippen molar-refractivity contribution in [2.45, 2.75) is 6.92 Å². The van der Waals surface area contributed by atoms with E-state index in [1.807, 2.05) is 20.2 Å². The highest BCUT2D eigenvalue weighted by Gasteiger charge is 1.92. The van der Waals surface area contributed by atoms with E-state index in [2.05, 4.69) is 27.7 Å². The summed E-state index contributed by atoms with van der Waals surface area (Å²) < 4.78 is 0. The Morgan fingerprint density at radius 1 is 1.73 bits per heavy atom. The predicted octanol–water partition coefficient (Wildman–Crippen LogP) is 0.951. The van der Waals surface area contributed by atoms with E-state index in [0.29, 0.717) is 0 Å². The van der Waals surface area contributed by atoms with Crippen molar-refractivity contribution in [2.75, 3.05) is 13.6 Å². The number of nitrogens with zero attached hydrogens (tertiary/aromatic N) is 1. The second-order valence-electron chi connectivity index (χ2n) is 2.39. The van der Waals surface area contributed by atoms with Crippen molar-refractivity contribution in [1.29, 1.82) is 0 Å². The van der Waals surface area contributed by atoms with Gasteiger partial charge in [0.2, 0.25) is 0 Å². The molecule has 0 aliphatic rings. The lowest BCUT2D eigenvalue weighted by Gasteiger charge is -1.88. The van der Waals surface area contributed by atoms with Gasteiger partial charge in [0.1, 0.15) is 0 Å². The third-order valence-corrected chi connectivity index (χ3v) is 1.49. The number of nitrogens with one attached hydrogen (secondary N) is 2. The number of H-pyrrole nitrogens is 1. The molecule has 0 aliphatic heterocycles.